The SMILES string of the molecule is Cc1cnc2c(c1)N(C(CC(=O)N1C(=O)OCC1Cc1ccccc1)c1ccsc1)CC2. The zero-order valence-corrected chi connectivity index (χ0v) is 18.8. The smallest absolute Gasteiger partial charge is 0.416 e. The number of cyclic esters (lactones) is 1. The fourth-order valence-electron chi connectivity index (χ4n) is 4.63. The summed E-state index contributed by atoms with van der Waals surface area (Å²) in [7, 11) is 0. The van der Waals surface area contributed by atoms with E-state index in [4.69, 9.17) is 4.74 Å². The number of pyridine rings is 1. The number of thiophene rings is 1. The van der Waals surface area contributed by atoms with Crippen molar-refractivity contribution in [2.75, 3.05) is 18.1 Å². The Morgan fingerprint density at radius 2 is 2.12 bits per heavy atom. The maximum Gasteiger partial charge on any atom is 0.416 e. The maximum atomic E-state index is 13.5. The molecular formula is C25H25N3O3S. The van der Waals surface area contributed by atoms with Crippen LogP contribution in [0.3, 0.4) is 0 Å². The van der Waals surface area contributed by atoms with E-state index in [1.807, 2.05) is 48.8 Å². The van der Waals surface area contributed by atoms with Crippen molar-refractivity contribution in [3.8, 4) is 0 Å². The molecule has 0 spiro atoms. The van der Waals surface area contributed by atoms with Gasteiger partial charge in [-0.1, -0.05) is 30.3 Å². The zero-order valence-electron chi connectivity index (χ0n) is 17.9. The monoisotopic (exact) mass is 447 g/mol. The molecule has 0 N–H and O–H groups in total. The number of rotatable bonds is 6. The van der Waals surface area contributed by atoms with Gasteiger partial charge in [0, 0.05) is 19.2 Å². The largest absolute Gasteiger partial charge is 0.447 e. The summed E-state index contributed by atoms with van der Waals surface area (Å²) in [5, 5.41) is 4.11. The van der Waals surface area contributed by atoms with Crippen LogP contribution in [0, 0.1) is 6.92 Å². The predicted molar refractivity (Wildman–Crippen MR) is 124 cm³/mol. The first-order valence-electron chi connectivity index (χ1n) is 10.9. The number of anilines is 1. The Balaban J connectivity index is 1.40. The van der Waals surface area contributed by atoms with Crippen molar-refractivity contribution in [1.82, 2.24) is 9.88 Å². The number of fused-ring (bicyclic) bond motifs is 1. The van der Waals surface area contributed by atoms with Gasteiger partial charge in [0.05, 0.1) is 29.9 Å². The number of ether oxygens (including phenoxy) is 1. The molecule has 2 aromatic heterocycles. The van der Waals surface area contributed by atoms with Crippen LogP contribution < -0.4 is 4.90 Å². The van der Waals surface area contributed by atoms with E-state index >= 15 is 0 Å². The number of hydrogen-bond donors (Lipinski definition) is 0. The molecule has 7 heteroatoms. The molecule has 2 aliphatic heterocycles. The van der Waals surface area contributed by atoms with E-state index in [0.717, 1.165) is 41.0 Å². The van der Waals surface area contributed by atoms with Gasteiger partial charge in [0.1, 0.15) is 6.61 Å². The van der Waals surface area contributed by atoms with Gasteiger partial charge < -0.3 is 9.64 Å². The van der Waals surface area contributed by atoms with Gasteiger partial charge in [0.15, 0.2) is 0 Å². The Morgan fingerprint density at radius 1 is 1.28 bits per heavy atom. The number of carbonyl (C=O) groups is 2. The number of amides is 2. The minimum absolute atomic E-state index is 0.149. The first kappa shape index (κ1) is 20.7. The second-order valence-corrected chi connectivity index (χ2v) is 9.16. The Morgan fingerprint density at radius 3 is 2.91 bits per heavy atom. The van der Waals surface area contributed by atoms with Crippen molar-refractivity contribution in [2.45, 2.75) is 38.3 Å². The molecule has 1 fully saturated rings. The summed E-state index contributed by atoms with van der Waals surface area (Å²) in [4.78, 5) is 34.2. The molecule has 0 bridgehead atoms. The van der Waals surface area contributed by atoms with Crippen molar-refractivity contribution in [2.24, 2.45) is 0 Å². The van der Waals surface area contributed by atoms with Gasteiger partial charge in [0.25, 0.3) is 0 Å². The van der Waals surface area contributed by atoms with Crippen LogP contribution >= 0.6 is 11.3 Å². The number of benzene rings is 1. The van der Waals surface area contributed by atoms with E-state index in [9.17, 15) is 9.59 Å². The topological polar surface area (TPSA) is 62.7 Å². The summed E-state index contributed by atoms with van der Waals surface area (Å²) < 4.78 is 5.29. The molecule has 1 saturated heterocycles. The van der Waals surface area contributed by atoms with Gasteiger partial charge in [-0.25, -0.2) is 9.69 Å². The minimum Gasteiger partial charge on any atom is -0.447 e. The van der Waals surface area contributed by atoms with Crippen LogP contribution in [0.5, 0.6) is 0 Å². The summed E-state index contributed by atoms with van der Waals surface area (Å²) in [5.41, 5.74) is 5.41. The molecule has 2 atom stereocenters. The lowest BCUT2D eigenvalue weighted by atomic mass is 10.0. The van der Waals surface area contributed by atoms with Crippen molar-refractivity contribution >= 4 is 29.0 Å². The highest BCUT2D eigenvalue weighted by Crippen LogP contribution is 2.38. The summed E-state index contributed by atoms with van der Waals surface area (Å²) in [6, 6.07) is 13.7. The first-order chi connectivity index (χ1) is 15.6. The molecule has 0 radical (unpaired) electrons. The molecule has 0 aliphatic carbocycles. The van der Waals surface area contributed by atoms with Gasteiger partial charge in [0.2, 0.25) is 5.91 Å². The van der Waals surface area contributed by atoms with Crippen molar-refractivity contribution < 1.29 is 14.3 Å². The van der Waals surface area contributed by atoms with Gasteiger partial charge in [-0.2, -0.15) is 11.3 Å². The van der Waals surface area contributed by atoms with Gasteiger partial charge >= 0.3 is 6.09 Å². The molecule has 0 saturated carbocycles. The van der Waals surface area contributed by atoms with Crippen LogP contribution in [-0.4, -0.2) is 41.1 Å². The highest BCUT2D eigenvalue weighted by atomic mass is 32.1. The van der Waals surface area contributed by atoms with E-state index < -0.39 is 6.09 Å². The summed E-state index contributed by atoms with van der Waals surface area (Å²) >= 11 is 1.61. The molecule has 164 valence electrons. The fraction of sp³-hybridized carbons (Fsp3) is 0.320. The average molecular weight is 448 g/mol. The second kappa shape index (κ2) is 8.74. The first-order valence-corrected chi connectivity index (χ1v) is 11.8. The maximum absolute atomic E-state index is 13.5. The van der Waals surface area contributed by atoms with Crippen molar-refractivity contribution in [1.29, 1.82) is 0 Å². The van der Waals surface area contributed by atoms with E-state index in [-0.39, 0.29) is 31.0 Å². The highest BCUT2D eigenvalue weighted by Gasteiger charge is 2.40. The lowest BCUT2D eigenvalue weighted by molar-refractivity contribution is -0.129. The Bertz CT molecular complexity index is 1120. The van der Waals surface area contributed by atoms with Crippen LogP contribution in [0.15, 0.2) is 59.4 Å². The molecule has 3 aromatic rings. The summed E-state index contributed by atoms with van der Waals surface area (Å²) in [6.07, 6.45) is 3.01. The number of aryl methyl sites for hydroxylation is 1. The third-order valence-corrected chi connectivity index (χ3v) is 6.90. The predicted octanol–water partition coefficient (Wildman–Crippen LogP) is 4.54. The molecule has 2 aliphatic rings. The lowest BCUT2D eigenvalue weighted by Gasteiger charge is -2.31. The van der Waals surface area contributed by atoms with Crippen LogP contribution in [0.2, 0.25) is 0 Å². The van der Waals surface area contributed by atoms with Crippen LogP contribution in [0.1, 0.15) is 34.8 Å². The summed E-state index contributed by atoms with van der Waals surface area (Å²) in [6.45, 7) is 3.07. The number of imide groups is 1. The van der Waals surface area contributed by atoms with E-state index in [0.29, 0.717) is 6.42 Å². The second-order valence-electron chi connectivity index (χ2n) is 8.38. The number of hydrogen-bond acceptors (Lipinski definition) is 6. The summed E-state index contributed by atoms with van der Waals surface area (Å²) in [5.74, 6) is -0.196. The fourth-order valence-corrected chi connectivity index (χ4v) is 5.34. The minimum atomic E-state index is -0.542. The normalized spacial score (nSPS) is 18.5. The van der Waals surface area contributed by atoms with Crippen LogP contribution in [-0.2, 0) is 22.4 Å². The third kappa shape index (κ3) is 4.00. The molecular weight excluding hydrogens is 422 g/mol. The average Bonchev–Trinajstić information content (AvgIpc) is 3.53. The lowest BCUT2D eigenvalue weighted by Crippen LogP contribution is -2.42. The molecule has 1 aromatic carbocycles. The number of carbonyl (C=O) groups excluding carboxylic acids is 2. The molecule has 2 unspecified atom stereocenters. The van der Waals surface area contributed by atoms with E-state index in [1.54, 1.807) is 11.3 Å². The molecule has 32 heavy (non-hydrogen) atoms. The van der Waals surface area contributed by atoms with Crippen LogP contribution in [0.25, 0.3) is 0 Å². The van der Waals surface area contributed by atoms with Crippen molar-refractivity contribution in [3.05, 3.63) is 81.8 Å². The number of nitrogens with zero attached hydrogens (tertiary/aromatic N) is 3. The van der Waals surface area contributed by atoms with Crippen molar-refractivity contribution in [3.63, 3.8) is 0 Å². The van der Waals surface area contributed by atoms with Crippen LogP contribution in [0.4, 0.5) is 10.5 Å². The quantitative estimate of drug-likeness (QED) is 0.555. The molecule has 5 rings (SSSR count). The van der Waals surface area contributed by atoms with Gasteiger partial charge in [-0.05, 0) is 52.9 Å². The molecule has 4 heterocycles. The van der Waals surface area contributed by atoms with E-state index in [1.165, 1.54) is 4.90 Å². The molecule has 6 nitrogen and oxygen atoms in total. The molecule has 2 amide bonds. The Labute approximate surface area is 191 Å². The zero-order chi connectivity index (χ0) is 22.1. The Kier molecular flexibility index (Phi) is 5.66. The standard InChI is InChI=1S/C25H25N3O3S/c1-17-11-23-21(26-14-17)7-9-27(23)22(19-8-10-32-16-19)13-24(29)28-20(15-31-25(28)30)12-18-5-3-2-4-6-18/h2-6,8,10-11,14,16,20,22H,7,9,12-13,15H2,1H3. The highest BCUT2D eigenvalue weighted by molar-refractivity contribution is 7.08. The Hall–Kier alpha value is -3.19. The van der Waals surface area contributed by atoms with Gasteiger partial charge in [-0.3, -0.25) is 9.78 Å². The van der Waals surface area contributed by atoms with Gasteiger partial charge in [-0.15, -0.1) is 0 Å². The van der Waals surface area contributed by atoms with E-state index in [2.05, 4.69) is 27.4 Å². The third-order valence-electron chi connectivity index (χ3n) is 6.20. The number of aromatic nitrogens is 1.